The molecule has 0 aliphatic carbocycles. The van der Waals surface area contributed by atoms with Crippen molar-refractivity contribution >= 4 is 11.7 Å². The lowest BCUT2D eigenvalue weighted by molar-refractivity contribution is -0.0311. The van der Waals surface area contributed by atoms with E-state index in [4.69, 9.17) is 0 Å². The van der Waals surface area contributed by atoms with Crippen LogP contribution in [0.2, 0.25) is 0 Å². The van der Waals surface area contributed by atoms with Gasteiger partial charge in [0.1, 0.15) is 5.82 Å². The van der Waals surface area contributed by atoms with Gasteiger partial charge in [0.25, 0.3) is 0 Å². The van der Waals surface area contributed by atoms with E-state index in [0.29, 0.717) is 6.54 Å². The van der Waals surface area contributed by atoms with Crippen LogP contribution in [0, 0.1) is 5.82 Å². The van der Waals surface area contributed by atoms with E-state index in [1.807, 2.05) is 32.1 Å². The van der Waals surface area contributed by atoms with Crippen LogP contribution >= 0.6 is 0 Å². The monoisotopic (exact) mass is 399 g/mol. The van der Waals surface area contributed by atoms with Crippen molar-refractivity contribution in [2.75, 3.05) is 31.6 Å². The molecule has 0 bridgehead atoms. The minimum atomic E-state index is -3.94. The van der Waals surface area contributed by atoms with E-state index in [1.54, 1.807) is 0 Å². The van der Waals surface area contributed by atoms with Crippen LogP contribution in [-0.2, 0) is 5.92 Å². The zero-order chi connectivity index (χ0) is 20.7. The number of rotatable bonds is 7. The molecule has 1 atom stereocenters. The highest BCUT2D eigenvalue weighted by Crippen LogP contribution is 2.32. The molecule has 154 valence electrons. The fourth-order valence-electron chi connectivity index (χ4n) is 3.07. The van der Waals surface area contributed by atoms with E-state index in [2.05, 4.69) is 15.5 Å². The van der Waals surface area contributed by atoms with Crippen molar-refractivity contribution in [2.45, 2.75) is 32.2 Å². The minimum Gasteiger partial charge on any atom is -0.334 e. The molecule has 28 heavy (non-hydrogen) atoms. The highest BCUT2D eigenvalue weighted by Gasteiger charge is 2.35. The molecule has 8 heteroatoms. The predicted molar refractivity (Wildman–Crippen MR) is 102 cm³/mol. The molecule has 1 saturated heterocycles. The Balaban J connectivity index is 1.90. The largest absolute Gasteiger partial charge is 0.334 e. The number of nitrogens with one attached hydrogen (secondary N) is 2. The Morgan fingerprint density at radius 2 is 2.14 bits per heavy atom. The normalized spacial score (nSPS) is 18.6. The molecule has 0 aromatic heterocycles. The van der Waals surface area contributed by atoms with Gasteiger partial charge in [-0.1, -0.05) is 23.8 Å². The molecule has 1 aliphatic heterocycles. The lowest BCUT2D eigenvalue weighted by Gasteiger charge is -2.18. The van der Waals surface area contributed by atoms with Crippen LogP contribution in [0.1, 0.15) is 25.8 Å². The number of halogens is 4. The number of allylic oxidation sites excluding steroid dienone is 3. The van der Waals surface area contributed by atoms with Crippen molar-refractivity contribution in [3.63, 3.8) is 0 Å². The molecule has 0 saturated carbocycles. The van der Waals surface area contributed by atoms with Crippen LogP contribution in [0.25, 0.3) is 0 Å². The van der Waals surface area contributed by atoms with Crippen molar-refractivity contribution in [3.05, 3.63) is 53.4 Å². The first-order valence-electron chi connectivity index (χ1n) is 9.07. The van der Waals surface area contributed by atoms with E-state index in [9.17, 15) is 22.4 Å². The topological polar surface area (TPSA) is 44.4 Å². The number of anilines is 1. The van der Waals surface area contributed by atoms with E-state index >= 15 is 0 Å². The molecular formula is C20H25F4N3O. The van der Waals surface area contributed by atoms with Gasteiger partial charge in [0, 0.05) is 31.4 Å². The van der Waals surface area contributed by atoms with Crippen LogP contribution in [0.3, 0.4) is 0 Å². The smallest absolute Gasteiger partial charge is 0.319 e. The second-order valence-electron chi connectivity index (χ2n) is 6.89. The summed E-state index contributed by atoms with van der Waals surface area (Å²) in [5.41, 5.74) is 0.0982. The maximum absolute atomic E-state index is 13.6. The quantitative estimate of drug-likeness (QED) is 0.520. The maximum Gasteiger partial charge on any atom is 0.319 e. The summed E-state index contributed by atoms with van der Waals surface area (Å²) < 4.78 is 52.9. The fourth-order valence-corrected chi connectivity index (χ4v) is 3.07. The Labute approximate surface area is 162 Å². The Hall–Kier alpha value is -2.35. The SMILES string of the molecule is CC=CC=C(C)CN1CCC(NC(=O)Nc2ccc(F)c(C(F)(F)CF)c2)C1. The van der Waals surface area contributed by atoms with Crippen LogP contribution in [0.4, 0.5) is 28.0 Å². The average molecular weight is 399 g/mol. The lowest BCUT2D eigenvalue weighted by Crippen LogP contribution is -2.39. The highest BCUT2D eigenvalue weighted by atomic mass is 19.3. The Morgan fingerprint density at radius 3 is 2.82 bits per heavy atom. The van der Waals surface area contributed by atoms with Crippen molar-refractivity contribution < 1.29 is 22.4 Å². The number of amides is 2. The molecule has 1 aromatic rings. The fraction of sp³-hybridized carbons (Fsp3) is 0.450. The van der Waals surface area contributed by atoms with Crippen LogP contribution < -0.4 is 10.6 Å². The van der Waals surface area contributed by atoms with Crippen molar-refractivity contribution in [1.29, 1.82) is 0 Å². The number of urea groups is 1. The first-order chi connectivity index (χ1) is 13.2. The van der Waals surface area contributed by atoms with Gasteiger partial charge >= 0.3 is 12.0 Å². The number of carbonyl (C=O) groups excluding carboxylic acids is 1. The van der Waals surface area contributed by atoms with E-state index in [1.165, 1.54) is 5.57 Å². The molecule has 0 spiro atoms. The molecule has 2 rings (SSSR count). The molecule has 1 unspecified atom stereocenters. The summed E-state index contributed by atoms with van der Waals surface area (Å²) in [6.45, 7) is 4.26. The molecule has 2 amide bonds. The number of likely N-dealkylation sites (tertiary alicyclic amines) is 1. The van der Waals surface area contributed by atoms with Gasteiger partial charge in [0.2, 0.25) is 0 Å². The minimum absolute atomic E-state index is 0.0259. The van der Waals surface area contributed by atoms with Crippen LogP contribution in [0.15, 0.2) is 42.0 Å². The third-order valence-electron chi connectivity index (χ3n) is 4.44. The third-order valence-corrected chi connectivity index (χ3v) is 4.44. The first-order valence-corrected chi connectivity index (χ1v) is 9.07. The number of alkyl halides is 3. The van der Waals surface area contributed by atoms with Gasteiger partial charge in [-0.2, -0.15) is 8.78 Å². The first kappa shape index (κ1) is 21.9. The Morgan fingerprint density at radius 1 is 1.39 bits per heavy atom. The molecule has 1 heterocycles. The average Bonchev–Trinajstić information content (AvgIpc) is 3.07. The summed E-state index contributed by atoms with van der Waals surface area (Å²) in [5, 5.41) is 5.18. The number of carbonyl (C=O) groups is 1. The maximum atomic E-state index is 13.6. The molecule has 0 radical (unpaired) electrons. The van der Waals surface area contributed by atoms with E-state index < -0.39 is 30.0 Å². The Kier molecular flexibility index (Phi) is 7.62. The Bertz CT molecular complexity index is 749. The van der Waals surface area contributed by atoms with Gasteiger partial charge in [-0.15, -0.1) is 0 Å². The second kappa shape index (κ2) is 9.73. The predicted octanol–water partition coefficient (Wildman–Crippen LogP) is 4.61. The molecule has 1 fully saturated rings. The van der Waals surface area contributed by atoms with Gasteiger partial charge in [0.15, 0.2) is 6.67 Å². The summed E-state index contributed by atoms with van der Waals surface area (Å²) in [7, 11) is 0. The molecule has 2 N–H and O–H groups in total. The summed E-state index contributed by atoms with van der Waals surface area (Å²) in [6, 6.07) is 2.04. The van der Waals surface area contributed by atoms with Gasteiger partial charge in [-0.3, -0.25) is 4.90 Å². The zero-order valence-electron chi connectivity index (χ0n) is 15.9. The van der Waals surface area contributed by atoms with E-state index in [-0.39, 0.29) is 11.7 Å². The van der Waals surface area contributed by atoms with E-state index in [0.717, 1.165) is 37.7 Å². The van der Waals surface area contributed by atoms with Crippen LogP contribution in [-0.4, -0.2) is 43.3 Å². The molecule has 4 nitrogen and oxygen atoms in total. The number of hydrogen-bond donors (Lipinski definition) is 2. The number of hydrogen-bond acceptors (Lipinski definition) is 2. The van der Waals surface area contributed by atoms with Gasteiger partial charge < -0.3 is 10.6 Å². The molecule has 1 aliphatic rings. The summed E-state index contributed by atoms with van der Waals surface area (Å²) in [5.74, 6) is -5.16. The third kappa shape index (κ3) is 6.09. The van der Waals surface area contributed by atoms with Crippen molar-refractivity contribution in [2.24, 2.45) is 0 Å². The van der Waals surface area contributed by atoms with Gasteiger partial charge in [0.05, 0.1) is 5.56 Å². The number of benzene rings is 1. The summed E-state index contributed by atoms with van der Waals surface area (Å²) in [6.07, 6.45) is 6.72. The molecular weight excluding hydrogens is 374 g/mol. The lowest BCUT2D eigenvalue weighted by atomic mass is 10.1. The standard InChI is InChI=1S/C20H25F4N3O/c1-3-4-5-14(2)11-27-9-8-16(12-27)26-19(28)25-15-6-7-18(22)17(10-15)20(23,24)13-21/h3-7,10,16H,8-9,11-13H2,1-2H3,(H2,25,26,28). The second-order valence-corrected chi connectivity index (χ2v) is 6.89. The van der Waals surface area contributed by atoms with Crippen LogP contribution in [0.5, 0.6) is 0 Å². The van der Waals surface area contributed by atoms with Crippen molar-refractivity contribution in [1.82, 2.24) is 10.2 Å². The van der Waals surface area contributed by atoms with Gasteiger partial charge in [-0.25, -0.2) is 13.6 Å². The molecule has 1 aromatic carbocycles. The zero-order valence-corrected chi connectivity index (χ0v) is 15.9. The summed E-state index contributed by atoms with van der Waals surface area (Å²) >= 11 is 0. The van der Waals surface area contributed by atoms with Gasteiger partial charge in [-0.05, 0) is 38.5 Å². The van der Waals surface area contributed by atoms with Crippen molar-refractivity contribution in [3.8, 4) is 0 Å². The number of nitrogens with zero attached hydrogens (tertiary/aromatic N) is 1. The summed E-state index contributed by atoms with van der Waals surface area (Å²) in [4.78, 5) is 14.3. The highest BCUT2D eigenvalue weighted by molar-refractivity contribution is 5.89.